The van der Waals surface area contributed by atoms with E-state index in [1.165, 1.54) is 23.0 Å². The summed E-state index contributed by atoms with van der Waals surface area (Å²) >= 11 is 0. The molecule has 0 unspecified atom stereocenters. The van der Waals surface area contributed by atoms with E-state index in [2.05, 4.69) is 25.3 Å². The van der Waals surface area contributed by atoms with Crippen molar-refractivity contribution in [3.63, 3.8) is 0 Å². The molecule has 0 amide bonds. The van der Waals surface area contributed by atoms with Gasteiger partial charge in [-0.25, -0.2) is 0 Å². The molecule has 1 heterocycles. The molecule has 0 N–H and O–H groups in total. The van der Waals surface area contributed by atoms with Crippen molar-refractivity contribution in [2.24, 2.45) is 10.2 Å². The number of rotatable bonds is 4. The first-order valence-corrected chi connectivity index (χ1v) is 5.38. The summed E-state index contributed by atoms with van der Waals surface area (Å²) in [5.74, 6) is 0.417. The van der Waals surface area contributed by atoms with Crippen LogP contribution < -0.4 is 0 Å². The molecule has 10 heteroatoms. The number of nitro groups is 1. The van der Waals surface area contributed by atoms with Crippen LogP contribution in [0.1, 0.15) is 11.4 Å². The predicted octanol–water partition coefficient (Wildman–Crippen LogP) is 2.32. The molecule has 0 bridgehead atoms. The highest BCUT2D eigenvalue weighted by Crippen LogP contribution is 2.13. The number of nitrogens with zero attached hydrogens (tertiary/aromatic N) is 8. The average molecular weight is 272 g/mol. The van der Waals surface area contributed by atoms with Crippen molar-refractivity contribution in [1.82, 2.24) is 14.9 Å². The van der Waals surface area contributed by atoms with Crippen LogP contribution in [-0.4, -0.2) is 26.0 Å². The highest BCUT2D eigenvalue weighted by Gasteiger charge is 2.06. The molecule has 0 radical (unpaired) electrons. The zero-order chi connectivity index (χ0) is 14.5. The first-order chi connectivity index (χ1) is 9.61. The van der Waals surface area contributed by atoms with E-state index in [9.17, 15) is 10.1 Å². The third-order valence-corrected chi connectivity index (χ3v) is 2.32. The van der Waals surface area contributed by atoms with Crippen LogP contribution in [-0.2, 0) is 0 Å². The lowest BCUT2D eigenvalue weighted by atomic mass is 10.2. The molecule has 0 aliphatic heterocycles. The summed E-state index contributed by atoms with van der Waals surface area (Å²) < 4.78 is 1.23. The van der Waals surface area contributed by atoms with Crippen LogP contribution in [0.25, 0.3) is 10.4 Å². The first-order valence-electron chi connectivity index (χ1n) is 5.38. The lowest BCUT2D eigenvalue weighted by Crippen LogP contribution is -1.94. The third-order valence-electron chi connectivity index (χ3n) is 2.32. The van der Waals surface area contributed by atoms with Crippen molar-refractivity contribution in [3.8, 4) is 0 Å². The number of benzene rings is 1. The van der Waals surface area contributed by atoms with Crippen molar-refractivity contribution in [3.05, 3.63) is 56.2 Å². The summed E-state index contributed by atoms with van der Waals surface area (Å²) in [6, 6.07) is 5.96. The molecular formula is C10H8N8O2. The Morgan fingerprint density at radius 3 is 3.00 bits per heavy atom. The van der Waals surface area contributed by atoms with E-state index < -0.39 is 4.92 Å². The SMILES string of the molecule is Cc1nnc(N=[N+]=[N-])n1/N=C\c1cccc([N+](=O)[O-])c1. The number of hydrogen-bond donors (Lipinski definition) is 0. The van der Waals surface area contributed by atoms with Gasteiger partial charge < -0.3 is 0 Å². The second-order valence-electron chi connectivity index (χ2n) is 3.65. The Morgan fingerprint density at radius 2 is 2.30 bits per heavy atom. The maximum absolute atomic E-state index is 10.7. The molecule has 100 valence electrons. The molecule has 1 aromatic heterocycles. The Hall–Kier alpha value is -3.26. The fourth-order valence-electron chi connectivity index (χ4n) is 1.43. The fraction of sp³-hybridized carbons (Fsp3) is 0.100. The molecule has 0 fully saturated rings. The van der Waals surface area contributed by atoms with Gasteiger partial charge in [-0.3, -0.25) is 10.1 Å². The highest BCUT2D eigenvalue weighted by molar-refractivity contribution is 5.80. The molecule has 10 nitrogen and oxygen atoms in total. The lowest BCUT2D eigenvalue weighted by Gasteiger charge is -1.97. The number of aromatic nitrogens is 3. The monoisotopic (exact) mass is 272 g/mol. The van der Waals surface area contributed by atoms with Gasteiger partial charge in [-0.15, -0.1) is 10.2 Å². The zero-order valence-corrected chi connectivity index (χ0v) is 10.3. The van der Waals surface area contributed by atoms with Gasteiger partial charge in [0.25, 0.3) is 5.69 Å². The smallest absolute Gasteiger partial charge is 0.258 e. The Bertz CT molecular complexity index is 729. The Labute approximate surface area is 112 Å². The molecule has 0 saturated heterocycles. The minimum Gasteiger partial charge on any atom is -0.258 e. The van der Waals surface area contributed by atoms with Gasteiger partial charge in [0.15, 0.2) is 5.82 Å². The molecule has 0 aliphatic carbocycles. The molecule has 2 rings (SSSR count). The van der Waals surface area contributed by atoms with E-state index in [0.29, 0.717) is 11.4 Å². The molecular weight excluding hydrogens is 264 g/mol. The molecule has 1 aromatic carbocycles. The largest absolute Gasteiger partial charge is 0.270 e. The van der Waals surface area contributed by atoms with Crippen LogP contribution in [0.3, 0.4) is 0 Å². The van der Waals surface area contributed by atoms with Crippen molar-refractivity contribution in [1.29, 1.82) is 0 Å². The molecule has 0 aliphatic rings. The molecule has 20 heavy (non-hydrogen) atoms. The van der Waals surface area contributed by atoms with E-state index in [1.807, 2.05) is 0 Å². The second kappa shape index (κ2) is 5.59. The highest BCUT2D eigenvalue weighted by atomic mass is 16.6. The average Bonchev–Trinajstić information content (AvgIpc) is 2.78. The van der Waals surface area contributed by atoms with E-state index in [0.717, 1.165) is 0 Å². The first kappa shape index (κ1) is 13.2. The van der Waals surface area contributed by atoms with Crippen LogP contribution in [0, 0.1) is 17.0 Å². The number of hydrogen-bond acceptors (Lipinski definition) is 6. The molecule has 0 spiro atoms. The maximum atomic E-state index is 10.7. The molecule has 0 saturated carbocycles. The Balaban J connectivity index is 2.34. The number of azide groups is 1. The van der Waals surface area contributed by atoms with Gasteiger partial charge in [-0.1, -0.05) is 12.1 Å². The minimum absolute atomic E-state index is 0.00770. The van der Waals surface area contributed by atoms with E-state index in [4.69, 9.17) is 5.53 Å². The molecule has 0 atom stereocenters. The van der Waals surface area contributed by atoms with Gasteiger partial charge in [0.05, 0.1) is 11.1 Å². The quantitative estimate of drug-likeness (QED) is 0.210. The zero-order valence-electron chi connectivity index (χ0n) is 10.3. The van der Waals surface area contributed by atoms with Gasteiger partial charge in [-0.2, -0.15) is 9.78 Å². The molecule has 2 aromatic rings. The maximum Gasteiger partial charge on any atom is 0.270 e. The lowest BCUT2D eigenvalue weighted by molar-refractivity contribution is -0.384. The normalized spacial score (nSPS) is 10.4. The second-order valence-corrected chi connectivity index (χ2v) is 3.65. The minimum atomic E-state index is -0.493. The fourth-order valence-corrected chi connectivity index (χ4v) is 1.43. The van der Waals surface area contributed by atoms with Crippen LogP contribution in [0.5, 0.6) is 0 Å². The van der Waals surface area contributed by atoms with Crippen LogP contribution in [0.15, 0.2) is 34.5 Å². The summed E-state index contributed by atoms with van der Waals surface area (Å²) in [5.41, 5.74) is 8.88. The number of nitro benzene ring substituents is 1. The Kier molecular flexibility index (Phi) is 3.68. The van der Waals surface area contributed by atoms with Gasteiger partial charge in [0.1, 0.15) is 0 Å². The summed E-state index contributed by atoms with van der Waals surface area (Å²) in [5, 5.41) is 25.4. The summed E-state index contributed by atoms with van der Waals surface area (Å²) in [6.07, 6.45) is 1.39. The van der Waals surface area contributed by atoms with Gasteiger partial charge >= 0.3 is 0 Å². The summed E-state index contributed by atoms with van der Waals surface area (Å²) in [4.78, 5) is 12.8. The van der Waals surface area contributed by atoms with Crippen molar-refractivity contribution in [2.45, 2.75) is 6.92 Å². The van der Waals surface area contributed by atoms with Gasteiger partial charge in [0, 0.05) is 22.6 Å². The van der Waals surface area contributed by atoms with Crippen molar-refractivity contribution < 1.29 is 4.92 Å². The Morgan fingerprint density at radius 1 is 1.50 bits per heavy atom. The standard InChI is InChI=1S/C10H8N8O2/c1-7-13-14-10(15-16-11)17(7)12-6-8-3-2-4-9(5-8)18(19)20/h2-6H,1H3/b12-6-. The van der Waals surface area contributed by atoms with Crippen LogP contribution >= 0.6 is 0 Å². The predicted molar refractivity (Wildman–Crippen MR) is 69.7 cm³/mol. The van der Waals surface area contributed by atoms with E-state index >= 15 is 0 Å². The van der Waals surface area contributed by atoms with E-state index in [1.54, 1.807) is 19.1 Å². The summed E-state index contributed by atoms with van der Waals surface area (Å²) in [7, 11) is 0. The topological polar surface area (TPSA) is 135 Å². The van der Waals surface area contributed by atoms with Crippen LogP contribution in [0.4, 0.5) is 11.6 Å². The van der Waals surface area contributed by atoms with Gasteiger partial charge in [0.2, 0.25) is 5.95 Å². The van der Waals surface area contributed by atoms with Gasteiger partial charge in [-0.05, 0) is 17.6 Å². The third kappa shape index (κ3) is 2.76. The van der Waals surface area contributed by atoms with E-state index in [-0.39, 0.29) is 11.6 Å². The number of aryl methyl sites for hydroxylation is 1. The van der Waals surface area contributed by atoms with Crippen molar-refractivity contribution in [2.75, 3.05) is 0 Å². The van der Waals surface area contributed by atoms with Crippen LogP contribution in [0.2, 0.25) is 0 Å². The summed E-state index contributed by atoms with van der Waals surface area (Å²) in [6.45, 7) is 1.63. The number of non-ortho nitro benzene ring substituents is 1. The van der Waals surface area contributed by atoms with Crippen molar-refractivity contribution >= 4 is 17.9 Å².